The van der Waals surface area contributed by atoms with Crippen molar-refractivity contribution in [3.63, 3.8) is 0 Å². The Morgan fingerprint density at radius 3 is 2.33 bits per heavy atom. The van der Waals surface area contributed by atoms with E-state index in [4.69, 9.17) is 0 Å². The Bertz CT molecular complexity index is 657. The Morgan fingerprint density at radius 2 is 1.78 bits per heavy atom. The van der Waals surface area contributed by atoms with Gasteiger partial charge < -0.3 is 10.1 Å². The van der Waals surface area contributed by atoms with Crippen molar-refractivity contribution in [3.8, 4) is 5.75 Å². The molecule has 0 radical (unpaired) electrons. The second kappa shape index (κ2) is 5.98. The number of rotatable bonds is 0. The van der Waals surface area contributed by atoms with Gasteiger partial charge in [0, 0.05) is 11.5 Å². The number of pyridine rings is 1. The number of aromatic amines is 1. The van der Waals surface area contributed by atoms with E-state index in [0.29, 0.717) is 10.9 Å². The molecule has 2 aromatic rings. The molecule has 0 spiro atoms. The molecule has 2 N–H and O–H groups in total. The van der Waals surface area contributed by atoms with Crippen LogP contribution in [0.2, 0.25) is 0 Å². The van der Waals surface area contributed by atoms with Gasteiger partial charge in [0.1, 0.15) is 5.75 Å². The highest BCUT2D eigenvalue weighted by molar-refractivity contribution is 8.24. The van der Waals surface area contributed by atoms with Gasteiger partial charge in [-0.3, -0.25) is 9.36 Å². The van der Waals surface area contributed by atoms with E-state index in [2.05, 4.69) is 38.7 Å². The summed E-state index contributed by atoms with van der Waals surface area (Å²) in [4.78, 5) is 13.7. The fraction of sp³-hybridized carbons (Fsp3) is 0.100. The first kappa shape index (κ1) is 15.4. The summed E-state index contributed by atoms with van der Waals surface area (Å²) in [6, 6.07) is 6.68. The molecule has 1 aromatic carbocycles. The van der Waals surface area contributed by atoms with Crippen molar-refractivity contribution in [2.45, 2.75) is 6.92 Å². The second-order valence-corrected chi connectivity index (χ2v) is 10.1. The van der Waals surface area contributed by atoms with Crippen LogP contribution in [0.1, 0.15) is 5.56 Å². The van der Waals surface area contributed by atoms with Crippen molar-refractivity contribution in [1.29, 1.82) is 0 Å². The molecule has 0 atom stereocenters. The van der Waals surface area contributed by atoms with Crippen molar-refractivity contribution in [2.24, 2.45) is 0 Å². The molecular formula is C10H9Cl3NO3P. The maximum Gasteiger partial charge on any atom is 0.339 e. The molecule has 0 unspecified atom stereocenters. The highest BCUT2D eigenvalue weighted by Gasteiger charge is 2.03. The number of aryl methyl sites for hydroxylation is 1. The van der Waals surface area contributed by atoms with Gasteiger partial charge in [-0.15, -0.1) is 0 Å². The first-order valence-corrected chi connectivity index (χ1v) is 9.10. The number of H-pyrrole nitrogens is 1. The predicted octanol–water partition coefficient (Wildman–Crippen LogP) is 4.35. The first-order chi connectivity index (χ1) is 8.16. The average Bonchev–Trinajstić information content (AvgIpc) is 2.13. The summed E-state index contributed by atoms with van der Waals surface area (Å²) in [5.41, 5.74) is 1.44. The lowest BCUT2D eigenvalue weighted by molar-refractivity contribution is 0.480. The van der Waals surface area contributed by atoms with Gasteiger partial charge in [0.15, 0.2) is 0 Å². The van der Waals surface area contributed by atoms with Crippen LogP contribution in [0.3, 0.4) is 0 Å². The van der Waals surface area contributed by atoms with Crippen molar-refractivity contribution >= 4 is 49.8 Å². The normalized spacial score (nSPS) is 10.9. The van der Waals surface area contributed by atoms with Crippen LogP contribution >= 0.6 is 38.9 Å². The number of halogens is 3. The zero-order valence-electron chi connectivity index (χ0n) is 9.15. The Balaban J connectivity index is 0.000000280. The summed E-state index contributed by atoms with van der Waals surface area (Å²) in [5.74, 6) is 0.0266. The standard InChI is InChI=1S/C10H9NO2.Cl3OP/c1-6-2-3-7-8(4-6)11-10(13)5-9(7)12;1-5(2,3)4/h2-5H,1H3,(H2,11,12,13);. The van der Waals surface area contributed by atoms with E-state index in [0.717, 1.165) is 5.56 Å². The molecular weight excluding hydrogens is 319 g/mol. The van der Waals surface area contributed by atoms with E-state index >= 15 is 0 Å². The van der Waals surface area contributed by atoms with E-state index in [1.807, 2.05) is 19.1 Å². The number of benzene rings is 1. The Kier molecular flexibility index (Phi) is 5.11. The maximum absolute atomic E-state index is 11.0. The summed E-state index contributed by atoms with van der Waals surface area (Å²) < 4.78 is 9.51. The molecule has 18 heavy (non-hydrogen) atoms. The van der Waals surface area contributed by atoms with Crippen LogP contribution in [0, 0.1) is 6.92 Å². The van der Waals surface area contributed by atoms with Crippen LogP contribution in [0.15, 0.2) is 29.1 Å². The van der Waals surface area contributed by atoms with E-state index in [1.54, 1.807) is 6.07 Å². The van der Waals surface area contributed by atoms with Crippen LogP contribution < -0.4 is 5.56 Å². The van der Waals surface area contributed by atoms with Crippen molar-refractivity contribution in [2.75, 3.05) is 0 Å². The summed E-state index contributed by atoms with van der Waals surface area (Å²) >= 11 is 13.8. The largest absolute Gasteiger partial charge is 0.507 e. The third-order valence-electron chi connectivity index (χ3n) is 1.98. The van der Waals surface area contributed by atoms with Gasteiger partial charge in [0.2, 0.25) is 0 Å². The molecule has 98 valence electrons. The van der Waals surface area contributed by atoms with Crippen LogP contribution in [0.4, 0.5) is 0 Å². The molecule has 0 aliphatic carbocycles. The molecule has 0 aliphatic rings. The molecule has 0 saturated carbocycles. The molecule has 0 aliphatic heterocycles. The van der Waals surface area contributed by atoms with Gasteiger partial charge in [0.05, 0.1) is 5.52 Å². The molecule has 0 saturated heterocycles. The van der Waals surface area contributed by atoms with Gasteiger partial charge in [-0.05, 0) is 58.3 Å². The smallest absolute Gasteiger partial charge is 0.339 e. The Hall–Kier alpha value is -0.670. The lowest BCUT2D eigenvalue weighted by Gasteiger charge is -2.00. The van der Waals surface area contributed by atoms with Gasteiger partial charge in [-0.2, -0.15) is 0 Å². The minimum absolute atomic E-state index is 0.0266. The lowest BCUT2D eigenvalue weighted by Crippen LogP contribution is -2.02. The second-order valence-electron chi connectivity index (χ2n) is 3.47. The van der Waals surface area contributed by atoms with E-state index < -0.39 is 5.20 Å². The van der Waals surface area contributed by atoms with E-state index in [1.165, 1.54) is 6.07 Å². The van der Waals surface area contributed by atoms with Crippen LogP contribution in [0.25, 0.3) is 10.9 Å². The molecule has 1 aromatic heterocycles. The van der Waals surface area contributed by atoms with Gasteiger partial charge >= 0.3 is 5.20 Å². The number of aromatic hydroxyl groups is 1. The zero-order chi connectivity index (χ0) is 13.9. The van der Waals surface area contributed by atoms with E-state index in [-0.39, 0.29) is 11.3 Å². The van der Waals surface area contributed by atoms with Gasteiger partial charge in [-0.1, -0.05) is 6.07 Å². The van der Waals surface area contributed by atoms with Crippen molar-refractivity contribution < 1.29 is 9.67 Å². The zero-order valence-corrected chi connectivity index (χ0v) is 12.3. The highest BCUT2D eigenvalue weighted by atomic mass is 36.0. The number of hydrogen-bond donors (Lipinski definition) is 2. The summed E-state index contributed by atoms with van der Waals surface area (Å²) in [5, 5.41) is 6.87. The molecule has 0 bridgehead atoms. The fourth-order valence-corrected chi connectivity index (χ4v) is 1.36. The topological polar surface area (TPSA) is 70.2 Å². The quantitative estimate of drug-likeness (QED) is 0.706. The minimum atomic E-state index is -3.22. The average molecular weight is 329 g/mol. The third-order valence-corrected chi connectivity index (χ3v) is 1.98. The molecule has 0 amide bonds. The fourth-order valence-electron chi connectivity index (χ4n) is 1.36. The van der Waals surface area contributed by atoms with Crippen molar-refractivity contribution in [1.82, 2.24) is 4.98 Å². The number of nitrogens with one attached hydrogen (secondary N) is 1. The van der Waals surface area contributed by atoms with Crippen LogP contribution in [-0.2, 0) is 4.57 Å². The Morgan fingerprint density at radius 1 is 1.22 bits per heavy atom. The van der Waals surface area contributed by atoms with Crippen LogP contribution in [-0.4, -0.2) is 10.1 Å². The Labute approximate surface area is 117 Å². The van der Waals surface area contributed by atoms with Crippen molar-refractivity contribution in [3.05, 3.63) is 40.2 Å². The summed E-state index contributed by atoms with van der Waals surface area (Å²) in [7, 11) is 0. The monoisotopic (exact) mass is 327 g/mol. The molecule has 4 nitrogen and oxygen atoms in total. The SMILES string of the molecule is Cc1ccc2c(O)cc(=O)[nH]c2c1.O=P(Cl)(Cl)Cl. The minimum Gasteiger partial charge on any atom is -0.507 e. The van der Waals surface area contributed by atoms with Gasteiger partial charge in [-0.25, -0.2) is 0 Å². The number of aromatic nitrogens is 1. The predicted molar refractivity (Wildman–Crippen MR) is 76.1 cm³/mol. The number of fused-ring (bicyclic) bond motifs is 1. The molecule has 0 fully saturated rings. The number of hydrogen-bond acceptors (Lipinski definition) is 3. The lowest BCUT2D eigenvalue weighted by atomic mass is 10.1. The van der Waals surface area contributed by atoms with Gasteiger partial charge in [0.25, 0.3) is 5.56 Å². The molecule has 2 rings (SSSR count). The first-order valence-electron chi connectivity index (χ1n) is 4.68. The third kappa shape index (κ3) is 5.32. The summed E-state index contributed by atoms with van der Waals surface area (Å²) in [6.45, 7) is 1.93. The molecule has 1 heterocycles. The van der Waals surface area contributed by atoms with Crippen LogP contribution in [0.5, 0.6) is 5.75 Å². The molecule has 8 heteroatoms. The summed E-state index contributed by atoms with van der Waals surface area (Å²) in [6.07, 6.45) is 0. The highest BCUT2D eigenvalue weighted by Crippen LogP contribution is 2.61. The maximum atomic E-state index is 11.0. The van der Waals surface area contributed by atoms with E-state index in [9.17, 15) is 14.5 Å².